The summed E-state index contributed by atoms with van der Waals surface area (Å²) in [4.78, 5) is 0. The SMILES string of the molecule is Cc1ccc2c(c1)OCC(C1CCCN1)C2. The Kier molecular flexibility index (Phi) is 2.60. The van der Waals surface area contributed by atoms with Gasteiger partial charge in [0.1, 0.15) is 5.75 Å². The van der Waals surface area contributed by atoms with Crippen molar-refractivity contribution < 1.29 is 4.74 Å². The highest BCUT2D eigenvalue weighted by Crippen LogP contribution is 2.31. The van der Waals surface area contributed by atoms with E-state index in [1.165, 1.54) is 36.9 Å². The zero-order valence-corrected chi connectivity index (χ0v) is 9.83. The molecule has 2 nitrogen and oxygen atoms in total. The van der Waals surface area contributed by atoms with E-state index in [-0.39, 0.29) is 0 Å². The quantitative estimate of drug-likeness (QED) is 0.779. The predicted molar refractivity (Wildman–Crippen MR) is 64.9 cm³/mol. The first kappa shape index (κ1) is 10.2. The monoisotopic (exact) mass is 217 g/mol. The average molecular weight is 217 g/mol. The smallest absolute Gasteiger partial charge is 0.122 e. The number of hydrogen-bond donors (Lipinski definition) is 1. The molecule has 0 amide bonds. The molecular weight excluding hydrogens is 198 g/mol. The highest BCUT2D eigenvalue weighted by atomic mass is 16.5. The first-order chi connectivity index (χ1) is 7.83. The molecule has 86 valence electrons. The molecule has 1 fully saturated rings. The van der Waals surface area contributed by atoms with E-state index >= 15 is 0 Å². The topological polar surface area (TPSA) is 21.3 Å². The summed E-state index contributed by atoms with van der Waals surface area (Å²) in [6, 6.07) is 7.25. The normalized spacial score (nSPS) is 28.6. The van der Waals surface area contributed by atoms with Crippen molar-refractivity contribution in [3.05, 3.63) is 29.3 Å². The fourth-order valence-electron chi connectivity index (χ4n) is 2.88. The van der Waals surface area contributed by atoms with Gasteiger partial charge < -0.3 is 10.1 Å². The Labute approximate surface area is 97.0 Å². The molecule has 2 aliphatic heterocycles. The molecule has 0 saturated carbocycles. The molecule has 0 radical (unpaired) electrons. The van der Waals surface area contributed by atoms with Gasteiger partial charge in [-0.25, -0.2) is 0 Å². The predicted octanol–water partition coefficient (Wildman–Crippen LogP) is 2.30. The van der Waals surface area contributed by atoms with Crippen LogP contribution >= 0.6 is 0 Å². The second kappa shape index (κ2) is 4.10. The molecule has 2 aliphatic rings. The van der Waals surface area contributed by atoms with Crippen LogP contribution in [0.15, 0.2) is 18.2 Å². The van der Waals surface area contributed by atoms with E-state index < -0.39 is 0 Å². The van der Waals surface area contributed by atoms with Crippen LogP contribution < -0.4 is 10.1 Å². The van der Waals surface area contributed by atoms with Crippen LogP contribution in [-0.2, 0) is 6.42 Å². The Bertz CT molecular complexity index is 382. The third kappa shape index (κ3) is 1.82. The second-order valence-electron chi connectivity index (χ2n) is 5.09. The maximum atomic E-state index is 5.89. The molecule has 3 rings (SSSR count). The van der Waals surface area contributed by atoms with E-state index in [9.17, 15) is 0 Å². The van der Waals surface area contributed by atoms with E-state index in [1.54, 1.807) is 0 Å². The summed E-state index contributed by atoms with van der Waals surface area (Å²) < 4.78 is 5.89. The molecule has 1 N–H and O–H groups in total. The highest BCUT2D eigenvalue weighted by Gasteiger charge is 2.29. The van der Waals surface area contributed by atoms with E-state index in [0.29, 0.717) is 12.0 Å². The summed E-state index contributed by atoms with van der Waals surface area (Å²) in [6.07, 6.45) is 3.81. The zero-order valence-electron chi connectivity index (χ0n) is 9.83. The van der Waals surface area contributed by atoms with Gasteiger partial charge in [0.2, 0.25) is 0 Å². The van der Waals surface area contributed by atoms with Crippen LogP contribution in [0, 0.1) is 12.8 Å². The van der Waals surface area contributed by atoms with Crippen LogP contribution in [0.3, 0.4) is 0 Å². The minimum atomic E-state index is 0.665. The number of ether oxygens (including phenoxy) is 1. The molecule has 0 spiro atoms. The number of benzene rings is 1. The standard InChI is InChI=1S/C14H19NO/c1-10-4-5-11-8-12(9-16-14(11)7-10)13-3-2-6-15-13/h4-5,7,12-13,15H,2-3,6,8-9H2,1H3. The van der Waals surface area contributed by atoms with Crippen molar-refractivity contribution in [1.82, 2.24) is 5.32 Å². The van der Waals surface area contributed by atoms with Crippen LogP contribution in [0.4, 0.5) is 0 Å². The van der Waals surface area contributed by atoms with Gasteiger partial charge in [0.25, 0.3) is 0 Å². The lowest BCUT2D eigenvalue weighted by Crippen LogP contribution is -2.37. The van der Waals surface area contributed by atoms with Gasteiger partial charge >= 0.3 is 0 Å². The lowest BCUT2D eigenvalue weighted by molar-refractivity contribution is 0.191. The molecule has 0 bridgehead atoms. The first-order valence-electron chi connectivity index (χ1n) is 6.28. The summed E-state index contributed by atoms with van der Waals surface area (Å²) in [5.74, 6) is 1.77. The lowest BCUT2D eigenvalue weighted by Gasteiger charge is -2.29. The van der Waals surface area contributed by atoms with Gasteiger partial charge in [0.15, 0.2) is 0 Å². The molecule has 2 atom stereocenters. The van der Waals surface area contributed by atoms with Crippen LogP contribution in [0.5, 0.6) is 5.75 Å². The number of hydrogen-bond acceptors (Lipinski definition) is 2. The third-order valence-electron chi connectivity index (χ3n) is 3.83. The summed E-state index contributed by atoms with van der Waals surface area (Å²) in [5, 5.41) is 3.59. The molecule has 2 heteroatoms. The zero-order chi connectivity index (χ0) is 11.0. The van der Waals surface area contributed by atoms with Crippen LogP contribution in [0.2, 0.25) is 0 Å². The Morgan fingerprint density at radius 2 is 2.31 bits per heavy atom. The van der Waals surface area contributed by atoms with E-state index in [0.717, 1.165) is 12.4 Å². The van der Waals surface area contributed by atoms with Gasteiger partial charge in [-0.3, -0.25) is 0 Å². The minimum absolute atomic E-state index is 0.665. The van der Waals surface area contributed by atoms with Gasteiger partial charge in [-0.1, -0.05) is 12.1 Å². The molecule has 1 saturated heterocycles. The van der Waals surface area contributed by atoms with Crippen molar-refractivity contribution in [2.75, 3.05) is 13.2 Å². The third-order valence-corrected chi connectivity index (χ3v) is 3.83. The Morgan fingerprint density at radius 3 is 3.12 bits per heavy atom. The molecule has 2 unspecified atom stereocenters. The molecule has 1 aromatic rings. The molecule has 16 heavy (non-hydrogen) atoms. The van der Waals surface area contributed by atoms with Crippen molar-refractivity contribution in [2.24, 2.45) is 5.92 Å². The van der Waals surface area contributed by atoms with Crippen LogP contribution in [-0.4, -0.2) is 19.2 Å². The van der Waals surface area contributed by atoms with Gasteiger partial charge in [-0.2, -0.15) is 0 Å². The summed E-state index contributed by atoms with van der Waals surface area (Å²) >= 11 is 0. The van der Waals surface area contributed by atoms with Gasteiger partial charge in [-0.15, -0.1) is 0 Å². The summed E-state index contributed by atoms with van der Waals surface area (Å²) in [7, 11) is 0. The number of rotatable bonds is 1. The van der Waals surface area contributed by atoms with Crippen LogP contribution in [0.25, 0.3) is 0 Å². The van der Waals surface area contributed by atoms with Gasteiger partial charge in [0.05, 0.1) is 6.61 Å². The summed E-state index contributed by atoms with van der Waals surface area (Å²) in [6.45, 7) is 4.18. The molecule has 2 heterocycles. The molecular formula is C14H19NO. The average Bonchev–Trinajstić information content (AvgIpc) is 2.82. The Morgan fingerprint density at radius 1 is 1.38 bits per heavy atom. The fraction of sp³-hybridized carbons (Fsp3) is 0.571. The van der Waals surface area contributed by atoms with E-state index in [2.05, 4.69) is 30.4 Å². The molecule has 0 aromatic heterocycles. The fourth-order valence-corrected chi connectivity index (χ4v) is 2.88. The van der Waals surface area contributed by atoms with E-state index in [1.807, 2.05) is 0 Å². The number of aryl methyl sites for hydroxylation is 1. The molecule has 0 aliphatic carbocycles. The number of fused-ring (bicyclic) bond motifs is 1. The highest BCUT2D eigenvalue weighted by molar-refractivity contribution is 5.38. The van der Waals surface area contributed by atoms with Crippen molar-refractivity contribution in [1.29, 1.82) is 0 Å². The van der Waals surface area contributed by atoms with Gasteiger partial charge in [0, 0.05) is 12.0 Å². The van der Waals surface area contributed by atoms with Crippen molar-refractivity contribution in [3.8, 4) is 5.75 Å². The second-order valence-corrected chi connectivity index (χ2v) is 5.09. The molecule has 1 aromatic carbocycles. The maximum Gasteiger partial charge on any atom is 0.122 e. The van der Waals surface area contributed by atoms with Gasteiger partial charge in [-0.05, 0) is 49.9 Å². The van der Waals surface area contributed by atoms with Crippen molar-refractivity contribution >= 4 is 0 Å². The number of nitrogens with one attached hydrogen (secondary N) is 1. The first-order valence-corrected chi connectivity index (χ1v) is 6.28. The summed E-state index contributed by atoms with van der Waals surface area (Å²) in [5.41, 5.74) is 2.67. The van der Waals surface area contributed by atoms with Crippen molar-refractivity contribution in [3.63, 3.8) is 0 Å². The van der Waals surface area contributed by atoms with Crippen molar-refractivity contribution in [2.45, 2.75) is 32.2 Å². The van der Waals surface area contributed by atoms with Crippen LogP contribution in [0.1, 0.15) is 24.0 Å². The maximum absolute atomic E-state index is 5.89. The Balaban J connectivity index is 1.78. The largest absolute Gasteiger partial charge is 0.493 e. The lowest BCUT2D eigenvalue weighted by atomic mass is 9.89. The minimum Gasteiger partial charge on any atom is -0.493 e. The van der Waals surface area contributed by atoms with E-state index in [4.69, 9.17) is 4.74 Å². The Hall–Kier alpha value is -1.02.